The Balaban J connectivity index is 1.47. The number of unbranched alkanes of at least 4 members (excludes halogenated alkanes) is 15. The molecule has 0 saturated carbocycles. The zero-order valence-corrected chi connectivity index (χ0v) is 26.5. The monoisotopic (exact) mass is 582 g/mol. The molecule has 0 fully saturated rings. The van der Waals surface area contributed by atoms with Gasteiger partial charge in [-0.1, -0.05) is 115 Å². The average Bonchev–Trinajstić information content (AvgIpc) is 2.98. The Hall–Kier alpha value is -2.47. The molecule has 2 rings (SSSR count). The first-order valence-electron chi connectivity index (χ1n) is 16.1. The van der Waals surface area contributed by atoms with E-state index in [1.165, 1.54) is 121 Å². The maximum absolute atomic E-state index is 12.4. The summed E-state index contributed by atoms with van der Waals surface area (Å²) in [6.45, 7) is 3.28. The summed E-state index contributed by atoms with van der Waals surface area (Å²) >= 11 is 1.38. The number of benzene rings is 2. The first-order chi connectivity index (χ1) is 20.0. The Morgan fingerprint density at radius 1 is 0.707 bits per heavy atom. The molecule has 0 saturated heterocycles. The summed E-state index contributed by atoms with van der Waals surface area (Å²) in [5, 5.41) is 15.7. The van der Waals surface area contributed by atoms with Crippen LogP contribution < -0.4 is 10.6 Å². The number of aryl methyl sites for hydroxylation is 1. The standard InChI is InChI=1S/C35H54N2O3S/c1-3-4-5-6-7-8-9-10-11-12-13-14-15-16-17-18-27-36-30-22-19-29(20-23-30)21-26-34(38)37-31-24-25-33(41-2)32(28-31)35(39)40/h19-20,22-25,28,36H,3-18,21,26-27H2,1-2H3,(H,37,38)(H,39,40). The van der Waals surface area contributed by atoms with E-state index in [0.29, 0.717) is 23.4 Å². The van der Waals surface area contributed by atoms with Crippen LogP contribution in [0.1, 0.15) is 132 Å². The molecule has 0 aliphatic carbocycles. The summed E-state index contributed by atoms with van der Waals surface area (Å²) in [4.78, 5) is 24.5. The van der Waals surface area contributed by atoms with Crippen LogP contribution in [-0.2, 0) is 11.2 Å². The van der Waals surface area contributed by atoms with Gasteiger partial charge in [0.05, 0.1) is 5.56 Å². The number of carboxylic acids is 1. The number of hydrogen-bond acceptors (Lipinski definition) is 4. The van der Waals surface area contributed by atoms with Gasteiger partial charge >= 0.3 is 5.97 Å². The second kappa shape index (κ2) is 22.2. The molecule has 3 N–H and O–H groups in total. The third-order valence-corrected chi connectivity index (χ3v) is 8.46. The third kappa shape index (κ3) is 15.9. The van der Waals surface area contributed by atoms with Crippen molar-refractivity contribution < 1.29 is 14.7 Å². The predicted octanol–water partition coefficient (Wildman–Crippen LogP) is 10.4. The number of hydrogen-bond donors (Lipinski definition) is 3. The maximum atomic E-state index is 12.4. The second-order valence-corrected chi connectivity index (χ2v) is 12.0. The lowest BCUT2D eigenvalue weighted by molar-refractivity contribution is -0.116. The van der Waals surface area contributed by atoms with Gasteiger partial charge in [-0.15, -0.1) is 11.8 Å². The van der Waals surface area contributed by atoms with Crippen molar-refractivity contribution in [3.63, 3.8) is 0 Å². The molecule has 0 aliphatic rings. The molecule has 2 aromatic carbocycles. The van der Waals surface area contributed by atoms with E-state index >= 15 is 0 Å². The lowest BCUT2D eigenvalue weighted by Gasteiger charge is -2.10. The van der Waals surface area contributed by atoms with Gasteiger partial charge in [0.2, 0.25) is 5.91 Å². The fourth-order valence-electron chi connectivity index (χ4n) is 5.13. The fourth-order valence-corrected chi connectivity index (χ4v) is 5.70. The molecular formula is C35H54N2O3S. The highest BCUT2D eigenvalue weighted by molar-refractivity contribution is 7.98. The number of carboxylic acid groups (broad SMARTS) is 1. The van der Waals surface area contributed by atoms with Gasteiger partial charge in [0, 0.05) is 29.2 Å². The topological polar surface area (TPSA) is 78.4 Å². The first kappa shape index (κ1) is 34.7. The molecule has 0 atom stereocenters. The van der Waals surface area contributed by atoms with Gasteiger partial charge in [0.25, 0.3) is 0 Å². The van der Waals surface area contributed by atoms with Crippen molar-refractivity contribution in [2.75, 3.05) is 23.4 Å². The summed E-state index contributed by atoms with van der Waals surface area (Å²) in [6.07, 6.45) is 25.0. The first-order valence-corrected chi connectivity index (χ1v) is 17.3. The largest absolute Gasteiger partial charge is 0.478 e. The minimum Gasteiger partial charge on any atom is -0.478 e. The van der Waals surface area contributed by atoms with Crippen LogP contribution >= 0.6 is 11.8 Å². The van der Waals surface area contributed by atoms with E-state index in [9.17, 15) is 14.7 Å². The van der Waals surface area contributed by atoms with Gasteiger partial charge in [-0.05, 0) is 55.0 Å². The van der Waals surface area contributed by atoms with E-state index in [4.69, 9.17) is 0 Å². The Morgan fingerprint density at radius 2 is 1.22 bits per heavy atom. The lowest BCUT2D eigenvalue weighted by Crippen LogP contribution is -2.13. The molecule has 0 bridgehead atoms. The van der Waals surface area contributed by atoms with Crippen LogP contribution in [0.2, 0.25) is 0 Å². The van der Waals surface area contributed by atoms with Crippen molar-refractivity contribution in [2.45, 2.75) is 127 Å². The number of nitrogens with one attached hydrogen (secondary N) is 2. The van der Waals surface area contributed by atoms with Crippen LogP contribution in [0.5, 0.6) is 0 Å². The molecule has 2 aromatic rings. The van der Waals surface area contributed by atoms with Crippen molar-refractivity contribution >= 4 is 35.0 Å². The Morgan fingerprint density at radius 3 is 1.73 bits per heavy atom. The summed E-state index contributed by atoms with van der Waals surface area (Å²) in [5.74, 6) is -1.11. The Labute approximate surface area is 253 Å². The molecule has 1 amide bonds. The van der Waals surface area contributed by atoms with Crippen molar-refractivity contribution in [3.8, 4) is 0 Å². The number of rotatable bonds is 24. The van der Waals surface area contributed by atoms with Crippen molar-refractivity contribution in [2.24, 2.45) is 0 Å². The van der Waals surface area contributed by atoms with Gasteiger partial charge < -0.3 is 15.7 Å². The summed E-state index contributed by atoms with van der Waals surface area (Å²) in [6, 6.07) is 13.3. The van der Waals surface area contributed by atoms with Crippen molar-refractivity contribution in [1.82, 2.24) is 0 Å². The van der Waals surface area contributed by atoms with Crippen LogP contribution in [0.4, 0.5) is 11.4 Å². The van der Waals surface area contributed by atoms with Crippen molar-refractivity contribution in [1.29, 1.82) is 0 Å². The number of amides is 1. The van der Waals surface area contributed by atoms with Crippen LogP contribution in [0.15, 0.2) is 47.4 Å². The molecule has 41 heavy (non-hydrogen) atoms. The maximum Gasteiger partial charge on any atom is 0.336 e. The van der Waals surface area contributed by atoms with E-state index < -0.39 is 5.97 Å². The van der Waals surface area contributed by atoms with Gasteiger partial charge in [0.1, 0.15) is 0 Å². The zero-order chi connectivity index (χ0) is 29.5. The van der Waals surface area contributed by atoms with Crippen LogP contribution in [0.3, 0.4) is 0 Å². The molecular weight excluding hydrogens is 528 g/mol. The fraction of sp³-hybridized carbons (Fsp3) is 0.600. The highest BCUT2D eigenvalue weighted by Gasteiger charge is 2.12. The zero-order valence-electron chi connectivity index (χ0n) is 25.6. The predicted molar refractivity (Wildman–Crippen MR) is 177 cm³/mol. The van der Waals surface area contributed by atoms with E-state index in [0.717, 1.165) is 17.8 Å². The minimum absolute atomic E-state index is 0.121. The summed E-state index contributed by atoms with van der Waals surface area (Å²) in [7, 11) is 0. The average molecular weight is 583 g/mol. The van der Waals surface area contributed by atoms with Crippen LogP contribution in [0, 0.1) is 0 Å². The highest BCUT2D eigenvalue weighted by atomic mass is 32.2. The Kier molecular flexibility index (Phi) is 18.8. The van der Waals surface area contributed by atoms with Gasteiger partial charge in [-0.3, -0.25) is 4.79 Å². The molecule has 0 heterocycles. The number of carbonyl (C=O) groups is 2. The molecule has 0 unspecified atom stereocenters. The smallest absolute Gasteiger partial charge is 0.336 e. The minimum atomic E-state index is -0.992. The number of carbonyl (C=O) groups excluding carboxylic acids is 1. The van der Waals surface area contributed by atoms with Crippen molar-refractivity contribution in [3.05, 3.63) is 53.6 Å². The normalized spacial score (nSPS) is 11.0. The molecule has 0 aromatic heterocycles. The van der Waals surface area contributed by atoms with E-state index in [-0.39, 0.29) is 11.5 Å². The van der Waals surface area contributed by atoms with E-state index in [1.807, 2.05) is 6.26 Å². The number of anilines is 2. The van der Waals surface area contributed by atoms with Gasteiger partial charge in [-0.2, -0.15) is 0 Å². The summed E-state index contributed by atoms with van der Waals surface area (Å²) in [5.41, 5.74) is 2.95. The van der Waals surface area contributed by atoms with Gasteiger partial charge in [0.15, 0.2) is 0 Å². The van der Waals surface area contributed by atoms with Crippen LogP contribution in [-0.4, -0.2) is 29.8 Å². The Bertz CT molecular complexity index is 993. The van der Waals surface area contributed by atoms with Crippen LogP contribution in [0.25, 0.3) is 0 Å². The van der Waals surface area contributed by atoms with E-state index in [1.54, 1.807) is 12.1 Å². The molecule has 0 radical (unpaired) electrons. The molecule has 5 nitrogen and oxygen atoms in total. The highest BCUT2D eigenvalue weighted by Crippen LogP contribution is 2.24. The summed E-state index contributed by atoms with van der Waals surface area (Å²) < 4.78 is 0. The van der Waals surface area contributed by atoms with Gasteiger partial charge in [-0.25, -0.2) is 4.79 Å². The lowest BCUT2D eigenvalue weighted by atomic mass is 10.0. The second-order valence-electron chi connectivity index (χ2n) is 11.2. The third-order valence-electron chi connectivity index (χ3n) is 7.67. The SMILES string of the molecule is CCCCCCCCCCCCCCCCCCNc1ccc(CCC(=O)Nc2ccc(SC)c(C(=O)O)c2)cc1. The van der Waals surface area contributed by atoms with E-state index in [2.05, 4.69) is 41.8 Å². The molecule has 0 spiro atoms. The number of aromatic carboxylic acids is 1. The molecule has 0 aliphatic heterocycles. The molecule has 228 valence electrons. The molecule has 6 heteroatoms. The number of thioether (sulfide) groups is 1. The quantitative estimate of drug-likeness (QED) is 0.0847.